The third-order valence-corrected chi connectivity index (χ3v) is 11.2. The topological polar surface area (TPSA) is 130 Å². The number of alkyl halides is 6. The van der Waals surface area contributed by atoms with Crippen molar-refractivity contribution in [1.29, 1.82) is 0 Å². The summed E-state index contributed by atoms with van der Waals surface area (Å²) in [7, 11) is 1.43. The summed E-state index contributed by atoms with van der Waals surface area (Å²) in [5, 5.41) is 22.3. The van der Waals surface area contributed by atoms with Crippen LogP contribution in [0.5, 0.6) is 5.75 Å². The number of ether oxygens (including phenoxy) is 2. The van der Waals surface area contributed by atoms with Gasteiger partial charge in [0.15, 0.2) is 0 Å². The highest BCUT2D eigenvalue weighted by atomic mass is 32.1. The van der Waals surface area contributed by atoms with Crippen molar-refractivity contribution >= 4 is 29.1 Å². The molecule has 17 heteroatoms. The molecule has 0 bridgehead atoms. The largest absolute Gasteiger partial charge is 0.498 e. The van der Waals surface area contributed by atoms with Gasteiger partial charge in [0, 0.05) is 62.4 Å². The molecule has 55 heavy (non-hydrogen) atoms. The fourth-order valence-corrected chi connectivity index (χ4v) is 7.75. The van der Waals surface area contributed by atoms with Gasteiger partial charge in [-0.25, -0.2) is 0 Å². The second-order valence-electron chi connectivity index (χ2n) is 14.0. The molecule has 2 aromatic rings. The number of carbonyl (C=O) groups is 3. The van der Waals surface area contributed by atoms with E-state index in [0.29, 0.717) is 48.0 Å². The zero-order valence-electron chi connectivity index (χ0n) is 31.1. The van der Waals surface area contributed by atoms with E-state index in [1.807, 2.05) is 6.08 Å². The van der Waals surface area contributed by atoms with Crippen molar-refractivity contribution in [2.24, 2.45) is 5.92 Å². The molecule has 2 unspecified atom stereocenters. The van der Waals surface area contributed by atoms with Gasteiger partial charge in [0.05, 0.1) is 35.3 Å². The number of aromatic nitrogens is 1. The Hall–Kier alpha value is -4.12. The first-order chi connectivity index (χ1) is 25.8. The Morgan fingerprint density at radius 2 is 1.89 bits per heavy atom. The molecular weight excluding hydrogens is 756 g/mol. The molecule has 0 saturated carbocycles. The van der Waals surface area contributed by atoms with E-state index in [1.54, 1.807) is 26.8 Å². The van der Waals surface area contributed by atoms with E-state index < -0.39 is 69.3 Å². The molecule has 3 heterocycles. The summed E-state index contributed by atoms with van der Waals surface area (Å²) < 4.78 is 95.5. The predicted octanol–water partition coefficient (Wildman–Crippen LogP) is 8.12. The number of aliphatic hydroxyl groups is 1. The Kier molecular flexibility index (Phi) is 14.1. The number of likely N-dealkylation sites (tertiary alicyclic amines) is 1. The average molecular weight is 804 g/mol. The number of thiophene rings is 1. The number of halogens is 6. The first kappa shape index (κ1) is 43.6. The number of pyridine rings is 1. The Labute approximate surface area is 319 Å². The average Bonchev–Trinajstić information content (AvgIpc) is 3.63. The zero-order chi connectivity index (χ0) is 40.8. The monoisotopic (exact) mass is 803 g/mol. The van der Waals surface area contributed by atoms with Crippen LogP contribution in [-0.4, -0.2) is 86.8 Å². The zero-order valence-corrected chi connectivity index (χ0v) is 32.0. The molecule has 1 aliphatic carbocycles. The number of allylic oxidation sites excluding steroid dienone is 2. The summed E-state index contributed by atoms with van der Waals surface area (Å²) in [6.07, 6.45) is -2.42. The SMILES string of the molecule is CCC[C@H]1N(C(=O)c2cnccc2C(F)(F)F)CCC[C@@]1(Oc1csc(C(F)(F)F)c1)C(=O)N(C)CCC(O)(CC)C1=C(OCCC(C)C(=O)O)CCC=C1. The third-order valence-electron chi connectivity index (χ3n) is 10.2. The number of hydrogen-bond acceptors (Lipinski definition) is 8. The molecule has 4 atom stereocenters. The highest BCUT2D eigenvalue weighted by Gasteiger charge is 2.55. The number of hydrogen-bond donors (Lipinski definition) is 2. The fourth-order valence-electron chi connectivity index (χ4n) is 7.07. The molecule has 2 amide bonds. The molecule has 2 aliphatic rings. The van der Waals surface area contributed by atoms with E-state index >= 15 is 0 Å². The van der Waals surface area contributed by atoms with Gasteiger partial charge in [0.25, 0.3) is 11.8 Å². The molecule has 1 aliphatic heterocycles. The lowest BCUT2D eigenvalue weighted by Crippen LogP contribution is -2.67. The second kappa shape index (κ2) is 17.8. The molecule has 2 N–H and O–H groups in total. The minimum absolute atomic E-state index is 0.0255. The fraction of sp³-hybridized carbons (Fsp3) is 0.579. The number of carboxylic acids is 1. The Bertz CT molecular complexity index is 1740. The Balaban J connectivity index is 1.71. The van der Waals surface area contributed by atoms with Crippen LogP contribution in [0.3, 0.4) is 0 Å². The standard InChI is InChI=1S/C38H47F6N3O7S/c1-5-10-30-36(54-25-21-31(55-23-25)38(42,43)44,15-9-18-47(30)32(48)26-22-45-17-13-27(26)37(39,40)41)34(51)46(4)19-16-35(52,6-2)28-11-7-8-12-29(28)53-20-14-24(3)33(49)50/h7,11,13,17,21-24,30,52H,5-6,8-10,12,14-16,18-20H2,1-4H3,(H,49,50)/t24?,30-,35?,36+/m1/s1. The minimum atomic E-state index is -4.90. The van der Waals surface area contributed by atoms with E-state index in [-0.39, 0.29) is 64.0 Å². The lowest BCUT2D eigenvalue weighted by atomic mass is 9.79. The maximum atomic E-state index is 14.8. The van der Waals surface area contributed by atoms with Crippen LogP contribution >= 0.6 is 11.3 Å². The predicted molar refractivity (Wildman–Crippen MR) is 191 cm³/mol. The molecule has 0 spiro atoms. The van der Waals surface area contributed by atoms with Crippen molar-refractivity contribution < 1.29 is 60.4 Å². The lowest BCUT2D eigenvalue weighted by Gasteiger charge is -2.49. The van der Waals surface area contributed by atoms with E-state index in [4.69, 9.17) is 9.47 Å². The number of aliphatic carboxylic acids is 1. The van der Waals surface area contributed by atoms with Crippen molar-refractivity contribution in [3.05, 3.63) is 69.4 Å². The van der Waals surface area contributed by atoms with Gasteiger partial charge < -0.3 is 29.5 Å². The number of carboxylic acid groups (broad SMARTS) is 1. The molecule has 2 aromatic heterocycles. The maximum absolute atomic E-state index is 14.8. The van der Waals surface area contributed by atoms with E-state index in [9.17, 15) is 50.9 Å². The van der Waals surface area contributed by atoms with Gasteiger partial charge in [0.1, 0.15) is 16.4 Å². The molecule has 1 fully saturated rings. The summed E-state index contributed by atoms with van der Waals surface area (Å²) >= 11 is 0.354. The van der Waals surface area contributed by atoms with Crippen LogP contribution < -0.4 is 4.74 Å². The summed E-state index contributed by atoms with van der Waals surface area (Å²) in [6.45, 7) is 5.00. The molecule has 304 valence electrons. The van der Waals surface area contributed by atoms with Gasteiger partial charge >= 0.3 is 18.3 Å². The minimum Gasteiger partial charge on any atom is -0.498 e. The second-order valence-corrected chi connectivity index (χ2v) is 14.9. The van der Waals surface area contributed by atoms with Crippen LogP contribution in [0.25, 0.3) is 0 Å². The number of piperidine rings is 1. The van der Waals surface area contributed by atoms with Crippen molar-refractivity contribution in [2.45, 2.75) is 108 Å². The maximum Gasteiger partial charge on any atom is 0.425 e. The van der Waals surface area contributed by atoms with Crippen molar-refractivity contribution in [3.8, 4) is 5.75 Å². The highest BCUT2D eigenvalue weighted by Crippen LogP contribution is 2.43. The van der Waals surface area contributed by atoms with Crippen LogP contribution in [0.2, 0.25) is 0 Å². The van der Waals surface area contributed by atoms with E-state index in [2.05, 4.69) is 4.98 Å². The van der Waals surface area contributed by atoms with Crippen LogP contribution in [0.15, 0.2) is 53.4 Å². The quantitative estimate of drug-likeness (QED) is 0.163. The number of carbonyl (C=O) groups excluding carboxylic acids is 2. The molecule has 1 saturated heterocycles. The lowest BCUT2D eigenvalue weighted by molar-refractivity contribution is -0.158. The number of likely N-dealkylation sites (N-methyl/N-ethyl adjacent to an activating group) is 1. The molecule has 0 radical (unpaired) electrons. The molecular formula is C38H47F6N3O7S. The van der Waals surface area contributed by atoms with Gasteiger partial charge in [0.2, 0.25) is 5.60 Å². The van der Waals surface area contributed by atoms with Crippen LogP contribution in [0, 0.1) is 5.92 Å². The summed E-state index contributed by atoms with van der Waals surface area (Å²) in [4.78, 5) is 45.3. The first-order valence-corrected chi connectivity index (χ1v) is 19.1. The Morgan fingerprint density at radius 3 is 2.51 bits per heavy atom. The van der Waals surface area contributed by atoms with Gasteiger partial charge in [-0.1, -0.05) is 39.3 Å². The van der Waals surface area contributed by atoms with Gasteiger partial charge in [-0.3, -0.25) is 19.4 Å². The van der Waals surface area contributed by atoms with Crippen molar-refractivity contribution in [2.75, 3.05) is 26.7 Å². The highest BCUT2D eigenvalue weighted by molar-refractivity contribution is 7.10. The molecule has 4 rings (SSSR count). The number of rotatable bonds is 16. The summed E-state index contributed by atoms with van der Waals surface area (Å²) in [5.41, 5.74) is -5.02. The smallest absolute Gasteiger partial charge is 0.425 e. The Morgan fingerprint density at radius 1 is 1.16 bits per heavy atom. The molecule has 10 nitrogen and oxygen atoms in total. The van der Waals surface area contributed by atoms with E-state index in [1.165, 1.54) is 11.9 Å². The van der Waals surface area contributed by atoms with Crippen molar-refractivity contribution in [1.82, 2.24) is 14.8 Å². The van der Waals surface area contributed by atoms with Crippen LogP contribution in [0.1, 0.15) is 99.4 Å². The third kappa shape index (κ3) is 10.0. The number of amides is 2. The summed E-state index contributed by atoms with van der Waals surface area (Å²) in [5.74, 6) is -3.17. The van der Waals surface area contributed by atoms with Crippen molar-refractivity contribution in [3.63, 3.8) is 0 Å². The molecule has 0 aromatic carbocycles. The normalized spacial score (nSPS) is 20.9. The first-order valence-electron chi connectivity index (χ1n) is 18.2. The summed E-state index contributed by atoms with van der Waals surface area (Å²) in [6, 6.07) is 0.229. The van der Waals surface area contributed by atoms with E-state index in [0.717, 1.165) is 28.7 Å². The van der Waals surface area contributed by atoms with Gasteiger partial charge in [-0.05, 0) is 44.6 Å². The number of nitrogens with zero attached hydrogens (tertiary/aromatic N) is 3. The van der Waals surface area contributed by atoms with Crippen LogP contribution in [-0.2, 0) is 26.7 Å². The van der Waals surface area contributed by atoms with Gasteiger partial charge in [-0.15, -0.1) is 11.3 Å². The van der Waals surface area contributed by atoms with Crippen LogP contribution in [0.4, 0.5) is 26.3 Å². The van der Waals surface area contributed by atoms with Gasteiger partial charge in [-0.2, -0.15) is 26.3 Å².